The van der Waals surface area contributed by atoms with E-state index in [0.29, 0.717) is 18.6 Å². The largest absolute Gasteiger partial charge is 0.396 e. The Morgan fingerprint density at radius 2 is 2.38 bits per heavy atom. The van der Waals surface area contributed by atoms with E-state index < -0.39 is 0 Å². The Balaban J connectivity index is 1.92. The second-order valence-corrected chi connectivity index (χ2v) is 5.11. The van der Waals surface area contributed by atoms with Gasteiger partial charge in [0, 0.05) is 30.2 Å². The first kappa shape index (κ1) is 9.69. The average molecular weight is 246 g/mol. The minimum Gasteiger partial charge on any atom is -0.396 e. The van der Waals surface area contributed by atoms with Crippen molar-refractivity contribution in [2.75, 3.05) is 19.7 Å². The molecule has 0 bridgehead atoms. The normalized spacial score (nSPS) is 35.3. The molecule has 0 radical (unpaired) electrons. The molecule has 0 amide bonds. The van der Waals surface area contributed by atoms with Crippen molar-refractivity contribution >= 4 is 15.9 Å². The van der Waals surface area contributed by atoms with E-state index in [1.807, 2.05) is 0 Å². The van der Waals surface area contributed by atoms with Gasteiger partial charge < -0.3 is 5.11 Å². The molecule has 2 aliphatic rings. The molecule has 2 nitrogen and oxygen atoms in total. The van der Waals surface area contributed by atoms with Crippen LogP contribution in [0.25, 0.3) is 0 Å². The SMILES string of the molecule is CC1=C(Br)CN(C2CC2CO)CC1. The summed E-state index contributed by atoms with van der Waals surface area (Å²) in [5, 5.41) is 8.97. The standard InChI is InChI=1S/C10H16BrNO/c1-7-2-3-12(5-9(7)11)10-4-8(10)6-13/h8,10,13H,2-6H2,1H3. The second-order valence-electron chi connectivity index (χ2n) is 4.15. The van der Waals surface area contributed by atoms with Gasteiger partial charge in [0.05, 0.1) is 0 Å². The number of hydrogen-bond donors (Lipinski definition) is 1. The number of nitrogens with zero attached hydrogens (tertiary/aromatic N) is 1. The van der Waals surface area contributed by atoms with Gasteiger partial charge in [-0.1, -0.05) is 21.5 Å². The van der Waals surface area contributed by atoms with Crippen LogP contribution >= 0.6 is 15.9 Å². The maximum Gasteiger partial charge on any atom is 0.0474 e. The lowest BCUT2D eigenvalue weighted by Gasteiger charge is -2.28. The van der Waals surface area contributed by atoms with Crippen LogP contribution in [0.2, 0.25) is 0 Å². The Kier molecular flexibility index (Phi) is 2.77. The predicted octanol–water partition coefficient (Wildman–Crippen LogP) is 1.74. The number of aliphatic hydroxyl groups excluding tert-OH is 1. The molecule has 0 spiro atoms. The van der Waals surface area contributed by atoms with Crippen LogP contribution in [0, 0.1) is 5.92 Å². The highest BCUT2D eigenvalue weighted by Crippen LogP contribution is 2.38. The highest BCUT2D eigenvalue weighted by atomic mass is 79.9. The minimum absolute atomic E-state index is 0.363. The summed E-state index contributed by atoms with van der Waals surface area (Å²) in [6.45, 7) is 4.77. The number of hydrogen-bond acceptors (Lipinski definition) is 2. The van der Waals surface area contributed by atoms with E-state index in [1.54, 1.807) is 0 Å². The van der Waals surface area contributed by atoms with E-state index >= 15 is 0 Å². The van der Waals surface area contributed by atoms with Gasteiger partial charge in [0.15, 0.2) is 0 Å². The molecule has 0 aromatic rings. The Morgan fingerprint density at radius 3 is 2.92 bits per heavy atom. The lowest BCUT2D eigenvalue weighted by Crippen LogP contribution is -2.33. The van der Waals surface area contributed by atoms with Crippen molar-refractivity contribution in [2.45, 2.75) is 25.8 Å². The minimum atomic E-state index is 0.363. The van der Waals surface area contributed by atoms with Gasteiger partial charge in [-0.25, -0.2) is 0 Å². The van der Waals surface area contributed by atoms with Crippen molar-refractivity contribution < 1.29 is 5.11 Å². The van der Waals surface area contributed by atoms with Crippen LogP contribution in [0.15, 0.2) is 10.1 Å². The predicted molar refractivity (Wildman–Crippen MR) is 56.8 cm³/mol. The van der Waals surface area contributed by atoms with E-state index in [0.717, 1.165) is 6.54 Å². The van der Waals surface area contributed by atoms with E-state index in [-0.39, 0.29) is 0 Å². The summed E-state index contributed by atoms with van der Waals surface area (Å²) < 4.78 is 1.35. The third-order valence-corrected chi connectivity index (χ3v) is 4.10. The first-order valence-electron chi connectivity index (χ1n) is 4.91. The smallest absolute Gasteiger partial charge is 0.0474 e. The van der Waals surface area contributed by atoms with Crippen molar-refractivity contribution in [3.63, 3.8) is 0 Å². The summed E-state index contributed by atoms with van der Waals surface area (Å²) >= 11 is 3.61. The molecule has 3 heteroatoms. The molecule has 1 aliphatic heterocycles. The Morgan fingerprint density at radius 1 is 1.62 bits per heavy atom. The molecule has 13 heavy (non-hydrogen) atoms. The van der Waals surface area contributed by atoms with Gasteiger partial charge in [-0.3, -0.25) is 4.90 Å². The summed E-state index contributed by atoms with van der Waals surface area (Å²) in [4.78, 5) is 2.48. The fourth-order valence-corrected chi connectivity index (χ4v) is 2.52. The fraction of sp³-hybridized carbons (Fsp3) is 0.800. The molecular formula is C10H16BrNO. The molecule has 2 rings (SSSR count). The highest BCUT2D eigenvalue weighted by Gasteiger charge is 2.41. The Labute approximate surface area is 87.7 Å². The van der Waals surface area contributed by atoms with Gasteiger partial charge in [0.25, 0.3) is 0 Å². The molecule has 0 aromatic carbocycles. The van der Waals surface area contributed by atoms with Gasteiger partial charge in [0.1, 0.15) is 0 Å². The number of aliphatic hydroxyl groups is 1. The number of halogens is 1. The zero-order valence-corrected chi connectivity index (χ0v) is 9.55. The fourth-order valence-electron chi connectivity index (χ4n) is 2.00. The van der Waals surface area contributed by atoms with Crippen LogP contribution in [-0.2, 0) is 0 Å². The van der Waals surface area contributed by atoms with Gasteiger partial charge in [-0.05, 0) is 25.7 Å². The first-order chi connectivity index (χ1) is 6.22. The van der Waals surface area contributed by atoms with E-state index in [1.165, 1.54) is 29.4 Å². The van der Waals surface area contributed by atoms with Gasteiger partial charge >= 0.3 is 0 Å². The van der Waals surface area contributed by atoms with Gasteiger partial charge in [0.2, 0.25) is 0 Å². The summed E-state index contributed by atoms with van der Waals surface area (Å²) in [6.07, 6.45) is 2.37. The molecule has 1 heterocycles. The molecule has 2 unspecified atom stereocenters. The molecule has 0 aromatic heterocycles. The van der Waals surface area contributed by atoms with Crippen molar-refractivity contribution in [2.24, 2.45) is 5.92 Å². The van der Waals surface area contributed by atoms with Crippen molar-refractivity contribution in [3.05, 3.63) is 10.1 Å². The molecule has 1 fully saturated rings. The second kappa shape index (κ2) is 3.71. The molecule has 1 N–H and O–H groups in total. The quantitative estimate of drug-likeness (QED) is 0.802. The average Bonchev–Trinajstić information content (AvgIpc) is 2.88. The lowest BCUT2D eigenvalue weighted by molar-refractivity contribution is 0.224. The van der Waals surface area contributed by atoms with Crippen LogP contribution in [0.4, 0.5) is 0 Å². The van der Waals surface area contributed by atoms with Crippen molar-refractivity contribution in [1.29, 1.82) is 0 Å². The van der Waals surface area contributed by atoms with Gasteiger partial charge in [-0.15, -0.1) is 0 Å². The van der Waals surface area contributed by atoms with Gasteiger partial charge in [-0.2, -0.15) is 0 Å². The lowest BCUT2D eigenvalue weighted by atomic mass is 10.1. The van der Waals surface area contributed by atoms with E-state index in [2.05, 4.69) is 27.8 Å². The Bertz CT molecular complexity index is 239. The maximum absolute atomic E-state index is 8.97. The molecule has 1 aliphatic carbocycles. The molecular weight excluding hydrogens is 230 g/mol. The van der Waals surface area contributed by atoms with Crippen LogP contribution < -0.4 is 0 Å². The van der Waals surface area contributed by atoms with Crippen LogP contribution in [0.5, 0.6) is 0 Å². The summed E-state index contributed by atoms with van der Waals surface area (Å²) in [5.41, 5.74) is 1.48. The molecule has 0 saturated heterocycles. The van der Waals surface area contributed by atoms with Crippen molar-refractivity contribution in [1.82, 2.24) is 4.90 Å². The molecule has 1 saturated carbocycles. The topological polar surface area (TPSA) is 23.5 Å². The molecule has 2 atom stereocenters. The molecule has 74 valence electrons. The number of rotatable bonds is 2. The highest BCUT2D eigenvalue weighted by molar-refractivity contribution is 9.11. The van der Waals surface area contributed by atoms with E-state index in [9.17, 15) is 0 Å². The third-order valence-electron chi connectivity index (χ3n) is 3.17. The monoisotopic (exact) mass is 245 g/mol. The summed E-state index contributed by atoms with van der Waals surface area (Å²) in [6, 6.07) is 0.658. The van der Waals surface area contributed by atoms with Crippen LogP contribution in [-0.4, -0.2) is 35.7 Å². The summed E-state index contributed by atoms with van der Waals surface area (Å²) in [7, 11) is 0. The van der Waals surface area contributed by atoms with Crippen LogP contribution in [0.1, 0.15) is 19.8 Å². The van der Waals surface area contributed by atoms with Crippen molar-refractivity contribution in [3.8, 4) is 0 Å². The Hall–Kier alpha value is 0.140. The zero-order valence-electron chi connectivity index (χ0n) is 7.96. The summed E-state index contributed by atoms with van der Waals surface area (Å²) in [5.74, 6) is 0.554. The first-order valence-corrected chi connectivity index (χ1v) is 5.70. The zero-order chi connectivity index (χ0) is 9.42. The van der Waals surface area contributed by atoms with Crippen LogP contribution in [0.3, 0.4) is 0 Å². The third kappa shape index (κ3) is 1.97. The maximum atomic E-state index is 8.97. The van der Waals surface area contributed by atoms with E-state index in [4.69, 9.17) is 5.11 Å².